The SMILES string of the molecule is CC(Cc1ccsc1)N1Cc2cccc(N)c2C1. The number of rotatable bonds is 3. The molecule has 1 aromatic carbocycles. The summed E-state index contributed by atoms with van der Waals surface area (Å²) in [6, 6.07) is 9.04. The maximum Gasteiger partial charge on any atom is 0.0363 e. The lowest BCUT2D eigenvalue weighted by Crippen LogP contribution is -2.29. The van der Waals surface area contributed by atoms with Crippen LogP contribution < -0.4 is 5.73 Å². The van der Waals surface area contributed by atoms with Gasteiger partial charge in [0.1, 0.15) is 0 Å². The first-order valence-electron chi connectivity index (χ1n) is 6.35. The third kappa shape index (κ3) is 2.16. The first-order chi connectivity index (χ1) is 8.74. The minimum atomic E-state index is 0.561. The van der Waals surface area contributed by atoms with Crippen LogP contribution in [0.3, 0.4) is 0 Å². The number of hydrogen-bond donors (Lipinski definition) is 1. The Morgan fingerprint density at radius 1 is 1.33 bits per heavy atom. The van der Waals surface area contributed by atoms with Crippen molar-refractivity contribution in [3.8, 4) is 0 Å². The Labute approximate surface area is 112 Å². The fraction of sp³-hybridized carbons (Fsp3) is 0.333. The summed E-state index contributed by atoms with van der Waals surface area (Å²) >= 11 is 1.78. The number of anilines is 1. The van der Waals surface area contributed by atoms with Crippen molar-refractivity contribution in [3.05, 3.63) is 51.7 Å². The average Bonchev–Trinajstić information content (AvgIpc) is 2.97. The van der Waals surface area contributed by atoms with Crippen LogP contribution in [-0.2, 0) is 19.5 Å². The standard InChI is InChI=1S/C15H18N2S/c1-11(7-12-5-6-18-10-12)17-8-13-3-2-4-15(16)14(13)9-17/h2-6,10-11H,7-9,16H2,1H3. The second-order valence-electron chi connectivity index (χ2n) is 5.07. The Morgan fingerprint density at radius 2 is 2.22 bits per heavy atom. The molecule has 94 valence electrons. The van der Waals surface area contributed by atoms with Crippen molar-refractivity contribution in [2.45, 2.75) is 32.5 Å². The second-order valence-corrected chi connectivity index (χ2v) is 5.85. The van der Waals surface area contributed by atoms with Crippen LogP contribution in [-0.4, -0.2) is 10.9 Å². The van der Waals surface area contributed by atoms with Gasteiger partial charge < -0.3 is 5.73 Å². The van der Waals surface area contributed by atoms with Gasteiger partial charge in [0.25, 0.3) is 0 Å². The third-order valence-electron chi connectivity index (χ3n) is 3.78. The summed E-state index contributed by atoms with van der Waals surface area (Å²) in [5.74, 6) is 0. The molecule has 0 saturated heterocycles. The summed E-state index contributed by atoms with van der Waals surface area (Å²) in [7, 11) is 0. The first kappa shape index (κ1) is 11.8. The lowest BCUT2D eigenvalue weighted by atomic mass is 10.1. The molecule has 0 aliphatic carbocycles. The summed E-state index contributed by atoms with van der Waals surface area (Å²) in [6.45, 7) is 4.33. The van der Waals surface area contributed by atoms with Crippen LogP contribution in [0.1, 0.15) is 23.6 Å². The van der Waals surface area contributed by atoms with E-state index in [0.717, 1.165) is 25.2 Å². The largest absolute Gasteiger partial charge is 0.398 e. The predicted molar refractivity (Wildman–Crippen MR) is 77.6 cm³/mol. The lowest BCUT2D eigenvalue weighted by molar-refractivity contribution is 0.212. The quantitative estimate of drug-likeness (QED) is 0.856. The lowest BCUT2D eigenvalue weighted by Gasteiger charge is -2.23. The zero-order valence-electron chi connectivity index (χ0n) is 10.6. The van der Waals surface area contributed by atoms with Crippen LogP contribution in [0, 0.1) is 0 Å². The summed E-state index contributed by atoms with van der Waals surface area (Å²) in [5.41, 5.74) is 11.2. The fourth-order valence-electron chi connectivity index (χ4n) is 2.66. The van der Waals surface area contributed by atoms with Gasteiger partial charge in [0.2, 0.25) is 0 Å². The molecule has 1 atom stereocenters. The van der Waals surface area contributed by atoms with E-state index < -0.39 is 0 Å². The Bertz CT molecular complexity index is 533. The van der Waals surface area contributed by atoms with Crippen molar-refractivity contribution in [1.82, 2.24) is 4.90 Å². The smallest absolute Gasteiger partial charge is 0.0363 e. The van der Waals surface area contributed by atoms with Gasteiger partial charge in [-0.2, -0.15) is 11.3 Å². The van der Waals surface area contributed by atoms with E-state index in [1.54, 1.807) is 11.3 Å². The molecule has 0 spiro atoms. The molecule has 1 aromatic heterocycles. The van der Waals surface area contributed by atoms with Crippen molar-refractivity contribution in [1.29, 1.82) is 0 Å². The highest BCUT2D eigenvalue weighted by Gasteiger charge is 2.24. The maximum absolute atomic E-state index is 6.05. The molecule has 0 radical (unpaired) electrons. The minimum Gasteiger partial charge on any atom is -0.398 e. The molecule has 0 saturated carbocycles. The van der Waals surface area contributed by atoms with E-state index in [0.29, 0.717) is 6.04 Å². The van der Waals surface area contributed by atoms with Crippen LogP contribution in [0.15, 0.2) is 35.0 Å². The number of fused-ring (bicyclic) bond motifs is 1. The Kier molecular flexibility index (Phi) is 3.10. The highest BCUT2D eigenvalue weighted by atomic mass is 32.1. The fourth-order valence-corrected chi connectivity index (χ4v) is 3.35. The normalized spacial score (nSPS) is 16.7. The van der Waals surface area contributed by atoms with Crippen LogP contribution in [0.25, 0.3) is 0 Å². The third-order valence-corrected chi connectivity index (χ3v) is 4.51. The zero-order chi connectivity index (χ0) is 12.5. The van der Waals surface area contributed by atoms with E-state index in [-0.39, 0.29) is 0 Å². The van der Waals surface area contributed by atoms with E-state index in [1.807, 2.05) is 6.07 Å². The number of thiophene rings is 1. The van der Waals surface area contributed by atoms with E-state index in [4.69, 9.17) is 5.73 Å². The molecule has 3 heteroatoms. The molecule has 0 amide bonds. The molecule has 2 aromatic rings. The Balaban J connectivity index is 1.72. The Morgan fingerprint density at radius 3 is 2.94 bits per heavy atom. The van der Waals surface area contributed by atoms with Gasteiger partial charge in [-0.25, -0.2) is 0 Å². The summed E-state index contributed by atoms with van der Waals surface area (Å²) in [5, 5.41) is 4.40. The molecule has 2 nitrogen and oxygen atoms in total. The molecular weight excluding hydrogens is 240 g/mol. The van der Waals surface area contributed by atoms with Gasteiger partial charge in [-0.15, -0.1) is 0 Å². The van der Waals surface area contributed by atoms with E-state index in [1.165, 1.54) is 16.7 Å². The van der Waals surface area contributed by atoms with Gasteiger partial charge in [-0.05, 0) is 52.9 Å². The van der Waals surface area contributed by atoms with Crippen LogP contribution in [0.5, 0.6) is 0 Å². The zero-order valence-corrected chi connectivity index (χ0v) is 11.4. The summed E-state index contributed by atoms with van der Waals surface area (Å²) < 4.78 is 0. The molecule has 2 N–H and O–H groups in total. The molecular formula is C15H18N2S. The predicted octanol–water partition coefficient (Wildman–Crippen LogP) is 3.28. The van der Waals surface area contributed by atoms with Crippen molar-refractivity contribution < 1.29 is 0 Å². The molecule has 18 heavy (non-hydrogen) atoms. The molecule has 0 bridgehead atoms. The average molecular weight is 258 g/mol. The molecule has 3 rings (SSSR count). The van der Waals surface area contributed by atoms with Crippen LogP contribution in [0.2, 0.25) is 0 Å². The number of nitrogen functional groups attached to an aromatic ring is 1. The van der Waals surface area contributed by atoms with Crippen molar-refractivity contribution in [2.24, 2.45) is 0 Å². The molecule has 0 fully saturated rings. The maximum atomic E-state index is 6.05. The highest BCUT2D eigenvalue weighted by molar-refractivity contribution is 7.07. The van der Waals surface area contributed by atoms with Crippen LogP contribution in [0.4, 0.5) is 5.69 Å². The molecule has 1 aliphatic rings. The van der Waals surface area contributed by atoms with Gasteiger partial charge in [0.05, 0.1) is 0 Å². The monoisotopic (exact) mass is 258 g/mol. The van der Waals surface area contributed by atoms with E-state index in [2.05, 4.69) is 40.8 Å². The number of benzene rings is 1. The van der Waals surface area contributed by atoms with E-state index in [9.17, 15) is 0 Å². The molecule has 1 aliphatic heterocycles. The molecule has 1 unspecified atom stereocenters. The topological polar surface area (TPSA) is 29.3 Å². The number of nitrogens with two attached hydrogens (primary N) is 1. The highest BCUT2D eigenvalue weighted by Crippen LogP contribution is 2.29. The van der Waals surface area contributed by atoms with Crippen LogP contribution >= 0.6 is 11.3 Å². The second kappa shape index (κ2) is 4.75. The van der Waals surface area contributed by atoms with Gasteiger partial charge in [0, 0.05) is 24.8 Å². The van der Waals surface area contributed by atoms with Crippen molar-refractivity contribution >= 4 is 17.0 Å². The minimum absolute atomic E-state index is 0.561. The summed E-state index contributed by atoms with van der Waals surface area (Å²) in [4.78, 5) is 2.51. The van der Waals surface area contributed by atoms with E-state index >= 15 is 0 Å². The van der Waals surface area contributed by atoms with Crippen molar-refractivity contribution in [2.75, 3.05) is 5.73 Å². The van der Waals surface area contributed by atoms with Gasteiger partial charge in [-0.1, -0.05) is 12.1 Å². The number of hydrogen-bond acceptors (Lipinski definition) is 3. The van der Waals surface area contributed by atoms with Gasteiger partial charge >= 0.3 is 0 Å². The van der Waals surface area contributed by atoms with Gasteiger partial charge in [-0.3, -0.25) is 4.90 Å². The molecule has 2 heterocycles. The summed E-state index contributed by atoms with van der Waals surface area (Å²) in [6.07, 6.45) is 1.12. The van der Waals surface area contributed by atoms with Crippen molar-refractivity contribution in [3.63, 3.8) is 0 Å². The number of nitrogens with zero attached hydrogens (tertiary/aromatic N) is 1. The van der Waals surface area contributed by atoms with Gasteiger partial charge in [0.15, 0.2) is 0 Å². The first-order valence-corrected chi connectivity index (χ1v) is 7.29. The Hall–Kier alpha value is -1.32.